The van der Waals surface area contributed by atoms with Gasteiger partial charge in [0.25, 0.3) is 0 Å². The van der Waals surface area contributed by atoms with Gasteiger partial charge in [0.15, 0.2) is 0 Å². The van der Waals surface area contributed by atoms with Gasteiger partial charge >= 0.3 is 0 Å². The molecule has 0 radical (unpaired) electrons. The second kappa shape index (κ2) is 7.64. The van der Waals surface area contributed by atoms with E-state index < -0.39 is 6.10 Å². The molecule has 3 aromatic carbocycles. The molecule has 0 fully saturated rings. The summed E-state index contributed by atoms with van der Waals surface area (Å²) in [7, 11) is 0. The van der Waals surface area contributed by atoms with Crippen LogP contribution in [0.3, 0.4) is 0 Å². The minimum Gasteiger partial charge on any atom is -0.489 e. The van der Waals surface area contributed by atoms with E-state index in [0.717, 1.165) is 34.5 Å². The molecule has 1 heterocycles. The van der Waals surface area contributed by atoms with Crippen molar-refractivity contribution in [2.24, 2.45) is 0 Å². The Morgan fingerprint density at radius 3 is 2.37 bits per heavy atom. The number of aliphatic hydroxyl groups excluding tert-OH is 1. The summed E-state index contributed by atoms with van der Waals surface area (Å²) in [6.07, 6.45) is -0.777. The lowest BCUT2D eigenvalue weighted by Gasteiger charge is -2.14. The largest absolute Gasteiger partial charge is 0.489 e. The summed E-state index contributed by atoms with van der Waals surface area (Å²) in [6.45, 7) is 3.34. The molecule has 0 saturated carbocycles. The first-order valence-corrected chi connectivity index (χ1v) is 9.16. The SMILES string of the molecule is CCn1c(C(O)c2ccc(OCc3ccccc3)cc2)nc2ccccc21. The summed E-state index contributed by atoms with van der Waals surface area (Å²) in [5, 5.41) is 10.9. The molecule has 27 heavy (non-hydrogen) atoms. The number of fused-ring (bicyclic) bond motifs is 1. The molecule has 0 aliphatic carbocycles. The third kappa shape index (κ3) is 3.57. The summed E-state index contributed by atoms with van der Waals surface area (Å²) in [5.41, 5.74) is 3.86. The fraction of sp³-hybridized carbons (Fsp3) is 0.174. The second-order valence-corrected chi connectivity index (χ2v) is 6.45. The van der Waals surface area contributed by atoms with Gasteiger partial charge < -0.3 is 14.4 Å². The number of benzene rings is 3. The minimum atomic E-state index is -0.777. The van der Waals surface area contributed by atoms with Crippen LogP contribution in [0.1, 0.15) is 30.0 Å². The summed E-state index contributed by atoms with van der Waals surface area (Å²) in [5.74, 6) is 1.44. The zero-order valence-corrected chi connectivity index (χ0v) is 15.2. The average molecular weight is 358 g/mol. The molecule has 0 bridgehead atoms. The summed E-state index contributed by atoms with van der Waals surface area (Å²) < 4.78 is 7.88. The van der Waals surface area contributed by atoms with Gasteiger partial charge in [0, 0.05) is 6.54 Å². The van der Waals surface area contributed by atoms with Crippen LogP contribution < -0.4 is 4.74 Å². The number of aromatic nitrogens is 2. The highest BCUT2D eigenvalue weighted by molar-refractivity contribution is 5.76. The molecule has 0 amide bonds. The van der Waals surface area contributed by atoms with Crippen LogP contribution in [0.4, 0.5) is 0 Å². The minimum absolute atomic E-state index is 0.522. The van der Waals surface area contributed by atoms with Crippen LogP contribution in [0.2, 0.25) is 0 Å². The number of aryl methyl sites for hydroxylation is 1. The van der Waals surface area contributed by atoms with E-state index in [0.29, 0.717) is 12.4 Å². The molecule has 4 nitrogen and oxygen atoms in total. The van der Waals surface area contributed by atoms with Crippen LogP contribution in [0, 0.1) is 0 Å². The number of ether oxygens (including phenoxy) is 1. The molecular weight excluding hydrogens is 336 g/mol. The van der Waals surface area contributed by atoms with Gasteiger partial charge in [0.1, 0.15) is 24.3 Å². The molecule has 4 aromatic rings. The molecule has 0 aliphatic heterocycles. The molecule has 4 heteroatoms. The van der Waals surface area contributed by atoms with Crippen molar-refractivity contribution < 1.29 is 9.84 Å². The van der Waals surface area contributed by atoms with E-state index in [9.17, 15) is 5.11 Å². The van der Waals surface area contributed by atoms with Crippen LogP contribution >= 0.6 is 0 Å². The molecule has 0 aliphatic rings. The van der Waals surface area contributed by atoms with Gasteiger partial charge in [0.05, 0.1) is 11.0 Å². The van der Waals surface area contributed by atoms with Crippen molar-refractivity contribution in [2.75, 3.05) is 0 Å². The van der Waals surface area contributed by atoms with Crippen LogP contribution in [0.15, 0.2) is 78.9 Å². The fourth-order valence-corrected chi connectivity index (χ4v) is 3.27. The Morgan fingerprint density at radius 1 is 0.926 bits per heavy atom. The third-order valence-corrected chi connectivity index (χ3v) is 4.69. The molecule has 0 spiro atoms. The van der Waals surface area contributed by atoms with E-state index in [4.69, 9.17) is 4.74 Å². The number of hydrogen-bond acceptors (Lipinski definition) is 3. The van der Waals surface area contributed by atoms with Gasteiger partial charge in [-0.05, 0) is 42.3 Å². The monoisotopic (exact) mass is 358 g/mol. The van der Waals surface area contributed by atoms with Crippen molar-refractivity contribution in [1.29, 1.82) is 0 Å². The zero-order chi connectivity index (χ0) is 18.6. The lowest BCUT2D eigenvalue weighted by Crippen LogP contribution is -2.09. The Hall–Kier alpha value is -3.11. The third-order valence-electron chi connectivity index (χ3n) is 4.69. The summed E-state index contributed by atoms with van der Waals surface area (Å²) in [4.78, 5) is 4.64. The van der Waals surface area contributed by atoms with Crippen molar-refractivity contribution in [3.8, 4) is 5.75 Å². The average Bonchev–Trinajstić information content (AvgIpc) is 3.11. The maximum absolute atomic E-state index is 10.9. The van der Waals surface area contributed by atoms with Crippen molar-refractivity contribution in [1.82, 2.24) is 9.55 Å². The quantitative estimate of drug-likeness (QED) is 0.543. The Balaban J connectivity index is 1.53. The van der Waals surface area contributed by atoms with E-state index >= 15 is 0 Å². The zero-order valence-electron chi connectivity index (χ0n) is 15.2. The number of aliphatic hydroxyl groups is 1. The molecule has 4 rings (SSSR count). The van der Waals surface area contributed by atoms with E-state index in [-0.39, 0.29) is 0 Å². The lowest BCUT2D eigenvalue weighted by molar-refractivity contribution is 0.205. The van der Waals surface area contributed by atoms with E-state index in [1.165, 1.54) is 0 Å². The first-order valence-electron chi connectivity index (χ1n) is 9.16. The molecule has 0 saturated heterocycles. The maximum Gasteiger partial charge on any atom is 0.143 e. The van der Waals surface area contributed by atoms with Crippen molar-refractivity contribution in [2.45, 2.75) is 26.2 Å². The molecule has 1 aromatic heterocycles. The first-order chi connectivity index (χ1) is 13.3. The van der Waals surface area contributed by atoms with Crippen molar-refractivity contribution in [3.05, 3.63) is 95.8 Å². The van der Waals surface area contributed by atoms with Crippen LogP contribution in [-0.2, 0) is 13.2 Å². The number of para-hydroxylation sites is 2. The van der Waals surface area contributed by atoms with Gasteiger partial charge in [-0.2, -0.15) is 0 Å². The fourth-order valence-electron chi connectivity index (χ4n) is 3.27. The number of imidazole rings is 1. The molecule has 1 atom stereocenters. The standard InChI is InChI=1S/C23H22N2O2/c1-2-25-21-11-7-6-10-20(21)24-23(25)22(26)18-12-14-19(15-13-18)27-16-17-8-4-3-5-9-17/h3-15,22,26H,2,16H2,1H3. The van der Waals surface area contributed by atoms with E-state index in [1.54, 1.807) is 0 Å². The number of hydrogen-bond donors (Lipinski definition) is 1. The van der Waals surface area contributed by atoms with Crippen LogP contribution in [0.5, 0.6) is 5.75 Å². The first kappa shape index (κ1) is 17.3. The van der Waals surface area contributed by atoms with E-state index in [1.807, 2.05) is 78.9 Å². The maximum atomic E-state index is 10.9. The van der Waals surface area contributed by atoms with Gasteiger partial charge in [-0.1, -0.05) is 54.6 Å². The van der Waals surface area contributed by atoms with Crippen LogP contribution in [-0.4, -0.2) is 14.7 Å². The Morgan fingerprint density at radius 2 is 1.63 bits per heavy atom. The Kier molecular flexibility index (Phi) is 4.90. The highest BCUT2D eigenvalue weighted by Crippen LogP contribution is 2.27. The normalized spacial score (nSPS) is 12.2. The predicted molar refractivity (Wildman–Crippen MR) is 107 cm³/mol. The Labute approximate surface area is 158 Å². The molecular formula is C23H22N2O2. The van der Waals surface area contributed by atoms with Crippen molar-refractivity contribution in [3.63, 3.8) is 0 Å². The van der Waals surface area contributed by atoms with Gasteiger partial charge in [-0.15, -0.1) is 0 Å². The van der Waals surface area contributed by atoms with Gasteiger partial charge in [-0.3, -0.25) is 0 Å². The van der Waals surface area contributed by atoms with Crippen LogP contribution in [0.25, 0.3) is 11.0 Å². The van der Waals surface area contributed by atoms with Gasteiger partial charge in [-0.25, -0.2) is 4.98 Å². The van der Waals surface area contributed by atoms with Crippen molar-refractivity contribution >= 4 is 11.0 Å². The Bertz CT molecular complexity index is 1020. The topological polar surface area (TPSA) is 47.3 Å². The second-order valence-electron chi connectivity index (χ2n) is 6.45. The summed E-state index contributed by atoms with van der Waals surface area (Å²) >= 11 is 0. The number of nitrogens with zero attached hydrogens (tertiary/aromatic N) is 2. The molecule has 1 unspecified atom stereocenters. The summed E-state index contributed by atoms with van der Waals surface area (Å²) in [6, 6.07) is 25.6. The smallest absolute Gasteiger partial charge is 0.143 e. The van der Waals surface area contributed by atoms with Gasteiger partial charge in [0.2, 0.25) is 0 Å². The highest BCUT2D eigenvalue weighted by Gasteiger charge is 2.19. The molecule has 136 valence electrons. The lowest BCUT2D eigenvalue weighted by atomic mass is 10.1. The number of rotatable bonds is 6. The predicted octanol–water partition coefficient (Wildman–Crippen LogP) is 4.72. The van der Waals surface area contributed by atoms with E-state index in [2.05, 4.69) is 16.5 Å². The highest BCUT2D eigenvalue weighted by atomic mass is 16.5. The molecule has 1 N–H and O–H groups in total.